The Kier molecular flexibility index (Phi) is 5.41. The second kappa shape index (κ2) is 7.29. The predicted octanol–water partition coefficient (Wildman–Crippen LogP) is 2.36. The fourth-order valence-electron chi connectivity index (χ4n) is 2.51. The number of nitrogens with one attached hydrogen (secondary N) is 1. The van der Waals surface area contributed by atoms with E-state index in [0.717, 1.165) is 37.2 Å². The van der Waals surface area contributed by atoms with Crippen LogP contribution in [0.1, 0.15) is 37.8 Å². The summed E-state index contributed by atoms with van der Waals surface area (Å²) in [6, 6.07) is 8.11. The highest BCUT2D eigenvalue weighted by molar-refractivity contribution is 5.78. The molecule has 1 aromatic carbocycles. The Morgan fingerprint density at radius 3 is 2.50 bits per heavy atom. The summed E-state index contributed by atoms with van der Waals surface area (Å²) in [5, 5.41) is 3.30. The highest BCUT2D eigenvalue weighted by Gasteiger charge is 2.16. The van der Waals surface area contributed by atoms with Crippen LogP contribution < -0.4 is 10.1 Å². The summed E-state index contributed by atoms with van der Waals surface area (Å²) in [5.74, 6) is 1.07. The second-order valence-corrected chi connectivity index (χ2v) is 5.32. The zero-order chi connectivity index (χ0) is 14.4. The molecule has 1 aliphatic rings. The molecule has 4 heteroatoms. The molecule has 1 saturated heterocycles. The molecule has 0 unspecified atom stereocenters. The number of hydrogen-bond donors (Lipinski definition) is 1. The number of benzene rings is 1. The third kappa shape index (κ3) is 3.97. The number of carbonyl (C=O) groups excluding carboxylic acids is 1. The average Bonchev–Trinajstić information content (AvgIpc) is 2.53. The number of hydrogen-bond acceptors (Lipinski definition) is 3. The number of carbonyl (C=O) groups is 1. The minimum Gasteiger partial charge on any atom is -0.497 e. The van der Waals surface area contributed by atoms with Crippen LogP contribution in [0.25, 0.3) is 0 Å². The molecule has 1 fully saturated rings. The van der Waals surface area contributed by atoms with Crippen molar-refractivity contribution in [2.75, 3.05) is 26.7 Å². The quantitative estimate of drug-likeness (QED) is 0.897. The number of piperidine rings is 1. The third-order valence-corrected chi connectivity index (χ3v) is 3.88. The van der Waals surface area contributed by atoms with E-state index in [9.17, 15) is 4.79 Å². The second-order valence-electron chi connectivity index (χ2n) is 5.32. The largest absolute Gasteiger partial charge is 0.497 e. The first kappa shape index (κ1) is 14.9. The van der Waals surface area contributed by atoms with Crippen LogP contribution in [0.3, 0.4) is 0 Å². The van der Waals surface area contributed by atoms with Gasteiger partial charge >= 0.3 is 0 Å². The number of methoxy groups -OCH3 is 1. The molecule has 110 valence electrons. The Morgan fingerprint density at radius 2 is 1.90 bits per heavy atom. The van der Waals surface area contributed by atoms with Crippen molar-refractivity contribution in [3.63, 3.8) is 0 Å². The Hall–Kier alpha value is -1.55. The molecule has 1 atom stereocenters. The summed E-state index contributed by atoms with van der Waals surface area (Å²) in [6.07, 6.45) is 3.53. The summed E-state index contributed by atoms with van der Waals surface area (Å²) >= 11 is 0. The van der Waals surface area contributed by atoms with Crippen LogP contribution in [-0.2, 0) is 4.79 Å². The maximum absolute atomic E-state index is 12.1. The van der Waals surface area contributed by atoms with Gasteiger partial charge in [0, 0.05) is 19.1 Å². The molecule has 20 heavy (non-hydrogen) atoms. The fourth-order valence-corrected chi connectivity index (χ4v) is 2.51. The van der Waals surface area contributed by atoms with Gasteiger partial charge in [0.05, 0.1) is 13.7 Å². The normalized spacial score (nSPS) is 16.8. The first-order valence-corrected chi connectivity index (χ1v) is 7.36. The lowest BCUT2D eigenvalue weighted by Crippen LogP contribution is -2.41. The van der Waals surface area contributed by atoms with Gasteiger partial charge in [0.2, 0.25) is 5.91 Å². The van der Waals surface area contributed by atoms with Gasteiger partial charge in [-0.3, -0.25) is 4.79 Å². The van der Waals surface area contributed by atoms with Crippen molar-refractivity contribution in [2.24, 2.45) is 0 Å². The lowest BCUT2D eigenvalue weighted by molar-refractivity contribution is -0.131. The van der Waals surface area contributed by atoms with E-state index in [1.807, 2.05) is 29.2 Å². The molecular weight excluding hydrogens is 252 g/mol. The summed E-state index contributed by atoms with van der Waals surface area (Å²) in [4.78, 5) is 14.0. The van der Waals surface area contributed by atoms with Gasteiger partial charge in [-0.15, -0.1) is 0 Å². The molecule has 2 rings (SSSR count). The van der Waals surface area contributed by atoms with Gasteiger partial charge in [-0.05, 0) is 43.9 Å². The summed E-state index contributed by atoms with van der Waals surface area (Å²) in [6.45, 7) is 4.31. The van der Waals surface area contributed by atoms with E-state index in [-0.39, 0.29) is 11.9 Å². The monoisotopic (exact) mass is 276 g/mol. The zero-order valence-electron chi connectivity index (χ0n) is 12.4. The summed E-state index contributed by atoms with van der Waals surface area (Å²) < 4.78 is 5.15. The molecule has 4 nitrogen and oxygen atoms in total. The number of rotatable bonds is 5. The summed E-state index contributed by atoms with van der Waals surface area (Å²) in [5.41, 5.74) is 1.16. The van der Waals surface area contributed by atoms with Crippen LogP contribution in [0.2, 0.25) is 0 Å². The van der Waals surface area contributed by atoms with Crippen LogP contribution in [0, 0.1) is 0 Å². The van der Waals surface area contributed by atoms with E-state index in [4.69, 9.17) is 4.74 Å². The maximum Gasteiger partial charge on any atom is 0.236 e. The molecule has 0 aliphatic carbocycles. The third-order valence-electron chi connectivity index (χ3n) is 3.88. The SMILES string of the molecule is COc1ccc([C@@H](C)NCC(=O)N2CCCCC2)cc1. The molecule has 1 amide bonds. The standard InChI is InChI=1S/C16H24N2O2/c1-13(14-6-8-15(20-2)9-7-14)17-12-16(19)18-10-4-3-5-11-18/h6-9,13,17H,3-5,10-12H2,1-2H3/t13-/m1/s1. The van der Waals surface area contributed by atoms with E-state index in [0.29, 0.717) is 6.54 Å². The maximum atomic E-state index is 12.1. The Morgan fingerprint density at radius 1 is 1.25 bits per heavy atom. The molecule has 0 bridgehead atoms. The van der Waals surface area contributed by atoms with Crippen molar-refractivity contribution in [2.45, 2.75) is 32.2 Å². The molecule has 1 aromatic rings. The van der Waals surface area contributed by atoms with Gasteiger partial charge in [0.15, 0.2) is 0 Å². The van der Waals surface area contributed by atoms with Gasteiger partial charge in [0.25, 0.3) is 0 Å². The lowest BCUT2D eigenvalue weighted by Gasteiger charge is -2.27. The van der Waals surface area contributed by atoms with E-state index >= 15 is 0 Å². The Bertz CT molecular complexity index is 425. The number of likely N-dealkylation sites (tertiary alicyclic amines) is 1. The Balaban J connectivity index is 1.81. The van der Waals surface area contributed by atoms with Crippen molar-refractivity contribution in [1.82, 2.24) is 10.2 Å². The summed E-state index contributed by atoms with van der Waals surface area (Å²) in [7, 11) is 1.66. The van der Waals surface area contributed by atoms with E-state index in [2.05, 4.69) is 12.2 Å². The van der Waals surface area contributed by atoms with Crippen LogP contribution in [0.15, 0.2) is 24.3 Å². The lowest BCUT2D eigenvalue weighted by atomic mass is 10.1. The van der Waals surface area contributed by atoms with E-state index in [1.165, 1.54) is 6.42 Å². The highest BCUT2D eigenvalue weighted by atomic mass is 16.5. The molecule has 0 radical (unpaired) electrons. The van der Waals surface area contributed by atoms with Gasteiger partial charge in [0.1, 0.15) is 5.75 Å². The molecule has 1 heterocycles. The molecular formula is C16H24N2O2. The van der Waals surface area contributed by atoms with Gasteiger partial charge in [-0.1, -0.05) is 12.1 Å². The molecule has 0 spiro atoms. The van der Waals surface area contributed by atoms with Gasteiger partial charge < -0.3 is 15.0 Å². The van der Waals surface area contributed by atoms with Crippen molar-refractivity contribution < 1.29 is 9.53 Å². The van der Waals surface area contributed by atoms with Crippen LogP contribution in [0.4, 0.5) is 0 Å². The smallest absolute Gasteiger partial charge is 0.236 e. The van der Waals surface area contributed by atoms with Crippen molar-refractivity contribution in [1.29, 1.82) is 0 Å². The molecule has 1 N–H and O–H groups in total. The first-order chi connectivity index (χ1) is 9.70. The fraction of sp³-hybridized carbons (Fsp3) is 0.562. The van der Waals surface area contributed by atoms with Gasteiger partial charge in [-0.25, -0.2) is 0 Å². The zero-order valence-corrected chi connectivity index (χ0v) is 12.4. The Labute approximate surface area is 121 Å². The number of ether oxygens (including phenoxy) is 1. The molecule has 1 aliphatic heterocycles. The molecule has 0 saturated carbocycles. The highest BCUT2D eigenvalue weighted by Crippen LogP contribution is 2.17. The van der Waals surface area contributed by atoms with Crippen molar-refractivity contribution >= 4 is 5.91 Å². The van der Waals surface area contributed by atoms with Crippen molar-refractivity contribution in [3.8, 4) is 5.75 Å². The number of nitrogens with zero attached hydrogens (tertiary/aromatic N) is 1. The number of amides is 1. The first-order valence-electron chi connectivity index (χ1n) is 7.36. The van der Waals surface area contributed by atoms with E-state index in [1.54, 1.807) is 7.11 Å². The average molecular weight is 276 g/mol. The topological polar surface area (TPSA) is 41.6 Å². The molecule has 0 aromatic heterocycles. The minimum absolute atomic E-state index is 0.162. The van der Waals surface area contributed by atoms with Gasteiger partial charge in [-0.2, -0.15) is 0 Å². The van der Waals surface area contributed by atoms with E-state index < -0.39 is 0 Å². The minimum atomic E-state index is 0.162. The predicted molar refractivity (Wildman–Crippen MR) is 79.8 cm³/mol. The van der Waals surface area contributed by atoms with Crippen molar-refractivity contribution in [3.05, 3.63) is 29.8 Å². The van der Waals surface area contributed by atoms with Crippen LogP contribution in [0.5, 0.6) is 5.75 Å². The van der Waals surface area contributed by atoms with Crippen LogP contribution in [-0.4, -0.2) is 37.6 Å². The van der Waals surface area contributed by atoms with Crippen LogP contribution >= 0.6 is 0 Å².